The van der Waals surface area contributed by atoms with E-state index in [-0.39, 0.29) is 30.6 Å². The number of carboxylic acid groups (broad SMARTS) is 1. The number of ether oxygens (including phenoxy) is 1. The van der Waals surface area contributed by atoms with E-state index in [1.807, 2.05) is 0 Å². The van der Waals surface area contributed by atoms with Crippen LogP contribution >= 0.6 is 0 Å². The maximum Gasteiger partial charge on any atom is 0.573 e. The van der Waals surface area contributed by atoms with E-state index in [9.17, 15) is 22.8 Å². The SMILES string of the molecule is O=CNC(CCC(=O)O)Cc1ccccc1OC(F)(F)F. The van der Waals surface area contributed by atoms with Crippen LogP contribution in [0.4, 0.5) is 13.2 Å². The Bertz CT molecular complexity index is 491. The third-order valence-corrected chi connectivity index (χ3v) is 2.68. The molecule has 116 valence electrons. The van der Waals surface area contributed by atoms with E-state index >= 15 is 0 Å². The van der Waals surface area contributed by atoms with Gasteiger partial charge in [-0.2, -0.15) is 0 Å². The summed E-state index contributed by atoms with van der Waals surface area (Å²) >= 11 is 0. The van der Waals surface area contributed by atoms with E-state index in [1.165, 1.54) is 18.2 Å². The molecule has 1 aromatic rings. The van der Waals surface area contributed by atoms with Crippen LogP contribution in [0.5, 0.6) is 5.75 Å². The van der Waals surface area contributed by atoms with Crippen molar-refractivity contribution in [3.05, 3.63) is 29.8 Å². The fourth-order valence-corrected chi connectivity index (χ4v) is 1.80. The summed E-state index contributed by atoms with van der Waals surface area (Å²) in [7, 11) is 0. The number of aliphatic carboxylic acids is 1. The van der Waals surface area contributed by atoms with E-state index < -0.39 is 18.4 Å². The van der Waals surface area contributed by atoms with E-state index in [0.29, 0.717) is 6.41 Å². The molecule has 1 amide bonds. The second-order valence-electron chi connectivity index (χ2n) is 4.27. The predicted molar refractivity (Wildman–Crippen MR) is 66.7 cm³/mol. The molecule has 0 spiro atoms. The summed E-state index contributed by atoms with van der Waals surface area (Å²) < 4.78 is 40.8. The van der Waals surface area contributed by atoms with Crippen molar-refractivity contribution in [1.29, 1.82) is 0 Å². The molecule has 0 aliphatic carbocycles. The number of hydrogen-bond donors (Lipinski definition) is 2. The fourth-order valence-electron chi connectivity index (χ4n) is 1.80. The lowest BCUT2D eigenvalue weighted by Gasteiger charge is -2.18. The lowest BCUT2D eigenvalue weighted by Crippen LogP contribution is -2.31. The van der Waals surface area contributed by atoms with Crippen LogP contribution in [0.1, 0.15) is 18.4 Å². The zero-order valence-electron chi connectivity index (χ0n) is 10.9. The number of alkyl halides is 3. The molecule has 1 atom stereocenters. The monoisotopic (exact) mass is 305 g/mol. The summed E-state index contributed by atoms with van der Waals surface area (Å²) in [5, 5.41) is 11.0. The number of carbonyl (C=O) groups is 2. The maximum atomic E-state index is 12.3. The van der Waals surface area contributed by atoms with Crippen molar-refractivity contribution in [2.75, 3.05) is 0 Å². The first-order valence-corrected chi connectivity index (χ1v) is 6.07. The minimum absolute atomic E-state index is 0.0400. The Morgan fingerprint density at radius 1 is 1.38 bits per heavy atom. The normalized spacial score (nSPS) is 12.5. The van der Waals surface area contributed by atoms with E-state index in [4.69, 9.17) is 5.11 Å². The number of rotatable bonds is 8. The third-order valence-electron chi connectivity index (χ3n) is 2.68. The van der Waals surface area contributed by atoms with Gasteiger partial charge < -0.3 is 15.2 Å². The second kappa shape index (κ2) is 7.51. The van der Waals surface area contributed by atoms with E-state index in [2.05, 4.69) is 10.1 Å². The third kappa shape index (κ3) is 6.64. The summed E-state index contributed by atoms with van der Waals surface area (Å²) in [4.78, 5) is 21.0. The van der Waals surface area contributed by atoms with Crippen LogP contribution in [-0.2, 0) is 16.0 Å². The van der Waals surface area contributed by atoms with Gasteiger partial charge in [-0.25, -0.2) is 0 Å². The molecule has 8 heteroatoms. The van der Waals surface area contributed by atoms with Crippen molar-refractivity contribution in [3.8, 4) is 5.75 Å². The Balaban J connectivity index is 2.82. The topological polar surface area (TPSA) is 75.6 Å². The van der Waals surface area contributed by atoms with Crippen molar-refractivity contribution < 1.29 is 32.6 Å². The molecule has 0 aliphatic rings. The molecule has 0 heterocycles. The van der Waals surface area contributed by atoms with Gasteiger partial charge in [-0.3, -0.25) is 9.59 Å². The lowest BCUT2D eigenvalue weighted by atomic mass is 10.0. The molecule has 5 nitrogen and oxygen atoms in total. The van der Waals surface area contributed by atoms with Crippen molar-refractivity contribution in [2.45, 2.75) is 31.7 Å². The van der Waals surface area contributed by atoms with Gasteiger partial charge >= 0.3 is 12.3 Å². The molecule has 0 bridgehead atoms. The minimum Gasteiger partial charge on any atom is -0.481 e. The fraction of sp³-hybridized carbons (Fsp3) is 0.385. The highest BCUT2D eigenvalue weighted by Gasteiger charge is 2.32. The van der Waals surface area contributed by atoms with Crippen LogP contribution in [0.25, 0.3) is 0 Å². The van der Waals surface area contributed by atoms with Crippen LogP contribution in [0.2, 0.25) is 0 Å². The predicted octanol–water partition coefficient (Wildman–Crippen LogP) is 2.11. The summed E-state index contributed by atoms with van der Waals surface area (Å²) in [5.41, 5.74) is 0.236. The van der Waals surface area contributed by atoms with Gasteiger partial charge in [-0.1, -0.05) is 18.2 Å². The minimum atomic E-state index is -4.81. The van der Waals surface area contributed by atoms with Gasteiger partial charge in [0.1, 0.15) is 5.75 Å². The van der Waals surface area contributed by atoms with Gasteiger partial charge in [-0.15, -0.1) is 13.2 Å². The van der Waals surface area contributed by atoms with Crippen molar-refractivity contribution in [3.63, 3.8) is 0 Å². The number of nitrogens with one attached hydrogen (secondary N) is 1. The molecular weight excluding hydrogens is 291 g/mol. The van der Waals surface area contributed by atoms with Crippen LogP contribution in [0, 0.1) is 0 Å². The standard InChI is InChI=1S/C13H14F3NO4/c14-13(15,16)21-11-4-2-1-3-9(11)7-10(17-8-18)5-6-12(19)20/h1-4,8,10H,5-7H2,(H,17,18)(H,19,20). The van der Waals surface area contributed by atoms with Crippen LogP contribution in [-0.4, -0.2) is 29.9 Å². The number of carboxylic acids is 1. The highest BCUT2D eigenvalue weighted by atomic mass is 19.4. The first-order chi connectivity index (χ1) is 9.81. The summed E-state index contributed by atoms with van der Waals surface area (Å²) in [6.45, 7) is 0. The summed E-state index contributed by atoms with van der Waals surface area (Å²) in [6.07, 6.45) is -4.48. The molecular formula is C13H14F3NO4. The molecule has 0 aromatic heterocycles. The number of benzene rings is 1. The van der Waals surface area contributed by atoms with Crippen molar-refractivity contribution >= 4 is 12.4 Å². The zero-order chi connectivity index (χ0) is 15.9. The first-order valence-electron chi connectivity index (χ1n) is 6.07. The maximum absolute atomic E-state index is 12.3. The zero-order valence-corrected chi connectivity index (χ0v) is 10.9. The van der Waals surface area contributed by atoms with Gasteiger partial charge in [0.05, 0.1) is 0 Å². The second-order valence-corrected chi connectivity index (χ2v) is 4.27. The molecule has 0 fully saturated rings. The number of halogens is 3. The largest absolute Gasteiger partial charge is 0.573 e. The number of para-hydroxylation sites is 1. The molecule has 0 radical (unpaired) electrons. The average Bonchev–Trinajstić information content (AvgIpc) is 2.36. The Morgan fingerprint density at radius 2 is 2.05 bits per heavy atom. The van der Waals surface area contributed by atoms with Gasteiger partial charge in [0.15, 0.2) is 0 Å². The molecule has 0 saturated heterocycles. The first kappa shape index (κ1) is 16.8. The smallest absolute Gasteiger partial charge is 0.481 e. The summed E-state index contributed by atoms with van der Waals surface area (Å²) in [6, 6.07) is 4.94. The average molecular weight is 305 g/mol. The quantitative estimate of drug-likeness (QED) is 0.721. The van der Waals surface area contributed by atoms with Crippen LogP contribution in [0.15, 0.2) is 24.3 Å². The molecule has 1 unspecified atom stereocenters. The lowest BCUT2D eigenvalue weighted by molar-refractivity contribution is -0.274. The Labute approximate surface area is 118 Å². The summed E-state index contributed by atoms with van der Waals surface area (Å²) in [5.74, 6) is -1.41. The van der Waals surface area contributed by atoms with Gasteiger partial charge in [-0.05, 0) is 24.5 Å². The molecule has 0 saturated carbocycles. The molecule has 21 heavy (non-hydrogen) atoms. The molecule has 1 aromatic carbocycles. The Kier molecular flexibility index (Phi) is 6.01. The van der Waals surface area contributed by atoms with Crippen molar-refractivity contribution in [2.24, 2.45) is 0 Å². The molecule has 0 aliphatic heterocycles. The van der Waals surface area contributed by atoms with E-state index in [1.54, 1.807) is 0 Å². The molecule has 2 N–H and O–H groups in total. The highest BCUT2D eigenvalue weighted by molar-refractivity contribution is 5.66. The van der Waals surface area contributed by atoms with Gasteiger partial charge in [0.2, 0.25) is 6.41 Å². The Hall–Kier alpha value is -2.25. The highest BCUT2D eigenvalue weighted by Crippen LogP contribution is 2.27. The van der Waals surface area contributed by atoms with E-state index in [0.717, 1.165) is 6.07 Å². The van der Waals surface area contributed by atoms with Gasteiger partial charge in [0, 0.05) is 12.5 Å². The van der Waals surface area contributed by atoms with Crippen LogP contribution < -0.4 is 10.1 Å². The van der Waals surface area contributed by atoms with Crippen LogP contribution in [0.3, 0.4) is 0 Å². The molecule has 1 rings (SSSR count). The number of amides is 1. The van der Waals surface area contributed by atoms with Crippen molar-refractivity contribution in [1.82, 2.24) is 5.32 Å². The Morgan fingerprint density at radius 3 is 2.62 bits per heavy atom. The number of carbonyl (C=O) groups excluding carboxylic acids is 1. The number of hydrogen-bond acceptors (Lipinski definition) is 3. The van der Waals surface area contributed by atoms with Gasteiger partial charge in [0.25, 0.3) is 0 Å².